The number of carboxylic acid groups (broad SMARTS) is 1. The van der Waals surface area contributed by atoms with Gasteiger partial charge in [-0.15, -0.1) is 0 Å². The van der Waals surface area contributed by atoms with Crippen molar-refractivity contribution < 1.29 is 28.2 Å². The zero-order valence-electron chi connectivity index (χ0n) is 10.9. The van der Waals surface area contributed by atoms with E-state index in [1.54, 1.807) is 0 Å². The molecule has 0 aliphatic heterocycles. The molecule has 0 saturated carbocycles. The van der Waals surface area contributed by atoms with E-state index in [4.69, 9.17) is 5.11 Å². The van der Waals surface area contributed by atoms with E-state index >= 15 is 0 Å². The van der Waals surface area contributed by atoms with Gasteiger partial charge >= 0.3 is 11.9 Å². The van der Waals surface area contributed by atoms with E-state index in [1.165, 1.54) is 25.3 Å². The molecule has 0 unspecified atom stereocenters. The number of carboxylic acids is 1. The first kappa shape index (κ1) is 14.6. The Morgan fingerprint density at radius 3 is 2.33 bits per heavy atom. The fourth-order valence-electron chi connectivity index (χ4n) is 1.85. The van der Waals surface area contributed by atoms with Crippen LogP contribution in [0.2, 0.25) is 0 Å². The van der Waals surface area contributed by atoms with Crippen molar-refractivity contribution in [3.63, 3.8) is 0 Å². The highest BCUT2D eigenvalue weighted by atomic mass is 19.1. The van der Waals surface area contributed by atoms with E-state index in [1.807, 2.05) is 0 Å². The van der Waals surface area contributed by atoms with Crippen LogP contribution < -0.4 is 0 Å². The number of benzene rings is 2. The molecule has 0 bridgehead atoms. The van der Waals surface area contributed by atoms with Gasteiger partial charge < -0.3 is 9.84 Å². The lowest BCUT2D eigenvalue weighted by atomic mass is 10.0. The van der Waals surface area contributed by atoms with Gasteiger partial charge in [-0.1, -0.05) is 6.07 Å². The maximum absolute atomic E-state index is 13.8. The highest BCUT2D eigenvalue weighted by Crippen LogP contribution is 2.26. The van der Waals surface area contributed by atoms with Gasteiger partial charge in [-0.05, 0) is 35.9 Å². The van der Waals surface area contributed by atoms with E-state index < -0.39 is 29.1 Å². The van der Waals surface area contributed by atoms with Crippen molar-refractivity contribution in [1.82, 2.24) is 0 Å². The number of esters is 1. The van der Waals surface area contributed by atoms with E-state index in [0.29, 0.717) is 0 Å². The summed E-state index contributed by atoms with van der Waals surface area (Å²) >= 11 is 0. The van der Waals surface area contributed by atoms with E-state index in [2.05, 4.69) is 4.74 Å². The Labute approximate surface area is 118 Å². The Balaban J connectivity index is 2.53. The zero-order valence-corrected chi connectivity index (χ0v) is 10.9. The van der Waals surface area contributed by atoms with Crippen LogP contribution in [0.5, 0.6) is 0 Å². The van der Waals surface area contributed by atoms with E-state index in [-0.39, 0.29) is 16.7 Å². The molecule has 1 N–H and O–H groups in total. The van der Waals surface area contributed by atoms with Gasteiger partial charge in [0, 0.05) is 5.56 Å². The number of rotatable bonds is 3. The molecule has 6 heteroatoms. The molecule has 0 radical (unpaired) electrons. The molecule has 0 heterocycles. The molecule has 4 nitrogen and oxygen atoms in total. The fraction of sp³-hybridized carbons (Fsp3) is 0.0667. The number of carbonyl (C=O) groups is 2. The molecule has 0 aliphatic carbocycles. The summed E-state index contributed by atoms with van der Waals surface area (Å²) in [5, 5.41) is 8.76. The highest BCUT2D eigenvalue weighted by Gasteiger charge is 2.15. The van der Waals surface area contributed by atoms with Gasteiger partial charge in [-0.25, -0.2) is 18.4 Å². The molecule has 0 spiro atoms. The number of hydrogen-bond donors (Lipinski definition) is 1. The van der Waals surface area contributed by atoms with Crippen LogP contribution in [0, 0.1) is 11.6 Å². The summed E-state index contributed by atoms with van der Waals surface area (Å²) in [5.41, 5.74) is -0.297. The van der Waals surface area contributed by atoms with Gasteiger partial charge in [0.05, 0.1) is 18.2 Å². The lowest BCUT2D eigenvalue weighted by Crippen LogP contribution is -2.03. The molecule has 0 amide bonds. The maximum Gasteiger partial charge on any atom is 0.338 e. The average Bonchev–Trinajstić information content (AvgIpc) is 2.46. The van der Waals surface area contributed by atoms with E-state index in [0.717, 1.165) is 18.2 Å². The SMILES string of the molecule is COC(=O)c1ccc(F)c(-c2ccc(C(=O)O)c(F)c2)c1. The van der Waals surface area contributed by atoms with Crippen LogP contribution in [0.15, 0.2) is 36.4 Å². The van der Waals surface area contributed by atoms with Crippen molar-refractivity contribution >= 4 is 11.9 Å². The largest absolute Gasteiger partial charge is 0.478 e. The lowest BCUT2D eigenvalue weighted by molar-refractivity contribution is 0.0599. The van der Waals surface area contributed by atoms with Gasteiger partial charge in [0.1, 0.15) is 11.6 Å². The summed E-state index contributed by atoms with van der Waals surface area (Å²) in [6.45, 7) is 0. The van der Waals surface area contributed by atoms with Crippen molar-refractivity contribution in [2.45, 2.75) is 0 Å². The summed E-state index contributed by atoms with van der Waals surface area (Å²) in [4.78, 5) is 22.2. The first-order chi connectivity index (χ1) is 9.93. The minimum Gasteiger partial charge on any atom is -0.478 e. The minimum atomic E-state index is -1.41. The normalized spacial score (nSPS) is 10.2. The van der Waals surface area contributed by atoms with Crippen molar-refractivity contribution in [3.8, 4) is 11.1 Å². The smallest absolute Gasteiger partial charge is 0.338 e. The second-order valence-corrected chi connectivity index (χ2v) is 4.19. The first-order valence-corrected chi connectivity index (χ1v) is 5.85. The molecule has 0 atom stereocenters. The molecule has 0 fully saturated rings. The number of methoxy groups -OCH3 is 1. The third-order valence-corrected chi connectivity index (χ3v) is 2.90. The molecule has 2 rings (SSSR count). The van der Waals surface area contributed by atoms with Crippen LogP contribution in [0.25, 0.3) is 11.1 Å². The Morgan fingerprint density at radius 1 is 1.05 bits per heavy atom. The summed E-state index contributed by atoms with van der Waals surface area (Å²) in [5.74, 6) is -3.71. The number of carbonyl (C=O) groups excluding carboxylic acids is 1. The second kappa shape index (κ2) is 5.70. The number of aromatic carboxylic acids is 1. The van der Waals surface area contributed by atoms with Crippen LogP contribution >= 0.6 is 0 Å². The predicted molar refractivity (Wildman–Crippen MR) is 70.1 cm³/mol. The van der Waals surface area contributed by atoms with Crippen LogP contribution in [-0.4, -0.2) is 24.2 Å². The van der Waals surface area contributed by atoms with Gasteiger partial charge in [0.25, 0.3) is 0 Å². The lowest BCUT2D eigenvalue weighted by Gasteiger charge is -2.07. The zero-order chi connectivity index (χ0) is 15.6. The second-order valence-electron chi connectivity index (χ2n) is 4.19. The molecule has 2 aromatic carbocycles. The van der Waals surface area contributed by atoms with Gasteiger partial charge in [0.2, 0.25) is 0 Å². The molecule has 21 heavy (non-hydrogen) atoms. The monoisotopic (exact) mass is 292 g/mol. The standard InChI is InChI=1S/C15H10F2O4/c1-21-15(20)9-3-5-12(16)11(6-9)8-2-4-10(14(18)19)13(17)7-8/h2-7H,1H3,(H,18,19). The Morgan fingerprint density at radius 2 is 1.76 bits per heavy atom. The minimum absolute atomic E-state index is 0.0197. The van der Waals surface area contributed by atoms with E-state index in [9.17, 15) is 18.4 Å². The molecular weight excluding hydrogens is 282 g/mol. The molecule has 0 aromatic heterocycles. The summed E-state index contributed by atoms with van der Waals surface area (Å²) in [6.07, 6.45) is 0. The van der Waals surface area contributed by atoms with Crippen molar-refractivity contribution in [1.29, 1.82) is 0 Å². The van der Waals surface area contributed by atoms with Crippen molar-refractivity contribution in [3.05, 3.63) is 59.2 Å². The van der Waals surface area contributed by atoms with Crippen molar-refractivity contribution in [2.24, 2.45) is 0 Å². The molecule has 108 valence electrons. The number of halogens is 2. The quantitative estimate of drug-likeness (QED) is 0.883. The Bertz CT molecular complexity index is 726. The fourth-order valence-corrected chi connectivity index (χ4v) is 1.85. The third-order valence-electron chi connectivity index (χ3n) is 2.90. The first-order valence-electron chi connectivity index (χ1n) is 5.85. The van der Waals surface area contributed by atoms with Crippen LogP contribution in [-0.2, 0) is 4.74 Å². The van der Waals surface area contributed by atoms with Gasteiger partial charge in [-0.2, -0.15) is 0 Å². The summed E-state index contributed by atoms with van der Waals surface area (Å²) in [7, 11) is 1.19. The van der Waals surface area contributed by atoms with Gasteiger partial charge in [0.15, 0.2) is 0 Å². The molecular formula is C15H10F2O4. The molecule has 0 aliphatic rings. The third kappa shape index (κ3) is 2.89. The Hall–Kier alpha value is -2.76. The van der Waals surface area contributed by atoms with Crippen LogP contribution in [0.3, 0.4) is 0 Å². The van der Waals surface area contributed by atoms with Crippen LogP contribution in [0.1, 0.15) is 20.7 Å². The number of hydrogen-bond acceptors (Lipinski definition) is 3. The molecule has 0 saturated heterocycles. The van der Waals surface area contributed by atoms with Crippen LogP contribution in [0.4, 0.5) is 8.78 Å². The number of ether oxygens (including phenoxy) is 1. The van der Waals surface area contributed by atoms with Crippen molar-refractivity contribution in [2.75, 3.05) is 7.11 Å². The van der Waals surface area contributed by atoms with Gasteiger partial charge in [-0.3, -0.25) is 0 Å². The summed E-state index contributed by atoms with van der Waals surface area (Å²) < 4.78 is 32.0. The predicted octanol–water partition coefficient (Wildman–Crippen LogP) is 3.12. The maximum atomic E-state index is 13.8. The topological polar surface area (TPSA) is 63.6 Å². The highest BCUT2D eigenvalue weighted by molar-refractivity contribution is 5.91. The average molecular weight is 292 g/mol. The summed E-state index contributed by atoms with van der Waals surface area (Å²) in [6, 6.07) is 6.74. The Kier molecular flexibility index (Phi) is 3.98. The molecule has 2 aromatic rings.